The molecule has 1 saturated heterocycles. The fourth-order valence-corrected chi connectivity index (χ4v) is 4.14. The van der Waals surface area contributed by atoms with Crippen molar-refractivity contribution in [2.45, 2.75) is 43.5 Å². The van der Waals surface area contributed by atoms with Crippen LogP contribution in [0.2, 0.25) is 0 Å². The van der Waals surface area contributed by atoms with Crippen LogP contribution >= 0.6 is 0 Å². The number of piperidine rings is 1. The second-order valence-corrected chi connectivity index (χ2v) is 7.50. The average Bonchev–Trinajstić information content (AvgIpc) is 2.47. The maximum Gasteiger partial charge on any atom is 0.178 e. The fraction of sp³-hybridized carbons (Fsp3) is 0.600. The highest BCUT2D eigenvalue weighted by atomic mass is 32.2. The Morgan fingerprint density at radius 1 is 1.25 bits per heavy atom. The van der Waals surface area contributed by atoms with Gasteiger partial charge in [-0.15, -0.1) is 0 Å². The molecule has 2 N–H and O–H groups in total. The van der Waals surface area contributed by atoms with Crippen molar-refractivity contribution in [3.8, 4) is 0 Å². The van der Waals surface area contributed by atoms with Gasteiger partial charge in [0.2, 0.25) is 0 Å². The highest BCUT2D eigenvalue weighted by Gasteiger charge is 2.22. The Morgan fingerprint density at radius 3 is 2.55 bits per heavy atom. The van der Waals surface area contributed by atoms with Crippen molar-refractivity contribution in [1.82, 2.24) is 0 Å². The number of benzene rings is 1. The SMILES string of the molecule is CCCS(=O)(=O)c1ccc(N2CCCCC2CN)cc1. The molecule has 5 heteroatoms. The van der Waals surface area contributed by atoms with E-state index in [1.54, 1.807) is 12.1 Å². The molecule has 1 unspecified atom stereocenters. The lowest BCUT2D eigenvalue weighted by Gasteiger charge is -2.37. The normalized spacial score (nSPS) is 20.1. The summed E-state index contributed by atoms with van der Waals surface area (Å²) in [5.74, 6) is 0.210. The van der Waals surface area contributed by atoms with Gasteiger partial charge >= 0.3 is 0 Å². The first kappa shape index (κ1) is 15.3. The molecule has 112 valence electrons. The van der Waals surface area contributed by atoms with E-state index in [1.807, 2.05) is 19.1 Å². The Morgan fingerprint density at radius 2 is 1.95 bits per heavy atom. The van der Waals surface area contributed by atoms with Crippen LogP contribution in [0.15, 0.2) is 29.2 Å². The summed E-state index contributed by atoms with van der Waals surface area (Å²) in [5, 5.41) is 0. The highest BCUT2D eigenvalue weighted by molar-refractivity contribution is 7.91. The van der Waals surface area contributed by atoms with E-state index >= 15 is 0 Å². The zero-order chi connectivity index (χ0) is 14.6. The number of sulfone groups is 1. The van der Waals surface area contributed by atoms with Gasteiger partial charge in [-0.2, -0.15) is 0 Å². The first-order valence-corrected chi connectivity index (χ1v) is 9.03. The summed E-state index contributed by atoms with van der Waals surface area (Å²) >= 11 is 0. The summed E-state index contributed by atoms with van der Waals surface area (Å²) in [5.41, 5.74) is 6.91. The van der Waals surface area contributed by atoms with Crippen LogP contribution in [0.1, 0.15) is 32.6 Å². The largest absolute Gasteiger partial charge is 0.367 e. The van der Waals surface area contributed by atoms with Crippen LogP contribution in [0.3, 0.4) is 0 Å². The molecule has 1 fully saturated rings. The van der Waals surface area contributed by atoms with Crippen LogP contribution in [0.5, 0.6) is 0 Å². The number of rotatable bonds is 5. The van der Waals surface area contributed by atoms with Crippen molar-refractivity contribution in [2.24, 2.45) is 5.73 Å². The summed E-state index contributed by atoms with van der Waals surface area (Å²) in [4.78, 5) is 2.73. The first-order valence-electron chi connectivity index (χ1n) is 7.38. The van der Waals surface area contributed by atoms with Gasteiger partial charge < -0.3 is 10.6 Å². The molecule has 0 aliphatic carbocycles. The molecular weight excluding hydrogens is 272 g/mol. The van der Waals surface area contributed by atoms with E-state index < -0.39 is 9.84 Å². The monoisotopic (exact) mass is 296 g/mol. The highest BCUT2D eigenvalue weighted by Crippen LogP contribution is 2.25. The Hall–Kier alpha value is -1.07. The van der Waals surface area contributed by atoms with E-state index in [2.05, 4.69) is 4.90 Å². The van der Waals surface area contributed by atoms with E-state index in [0.717, 1.165) is 18.7 Å². The van der Waals surface area contributed by atoms with Crippen LogP contribution in [0, 0.1) is 0 Å². The zero-order valence-electron chi connectivity index (χ0n) is 12.1. The summed E-state index contributed by atoms with van der Waals surface area (Å²) in [6, 6.07) is 7.65. The standard InChI is InChI=1S/C15H24N2O2S/c1-2-11-20(18,19)15-8-6-13(7-9-15)17-10-4-3-5-14(17)12-16/h6-9,14H,2-5,10-12,16H2,1H3. The lowest BCUT2D eigenvalue weighted by atomic mass is 10.0. The molecule has 0 spiro atoms. The van der Waals surface area contributed by atoms with Crippen molar-refractivity contribution in [3.63, 3.8) is 0 Å². The van der Waals surface area contributed by atoms with Crippen LogP contribution in [0.4, 0.5) is 5.69 Å². The third-order valence-electron chi connectivity index (χ3n) is 3.90. The Labute approximate surface area is 121 Å². The van der Waals surface area contributed by atoms with Gasteiger partial charge in [0.1, 0.15) is 0 Å². The van der Waals surface area contributed by atoms with Gasteiger partial charge in [-0.05, 0) is 49.9 Å². The van der Waals surface area contributed by atoms with E-state index in [0.29, 0.717) is 23.9 Å². The van der Waals surface area contributed by atoms with E-state index in [-0.39, 0.29) is 5.75 Å². The first-order chi connectivity index (χ1) is 9.58. The number of hydrogen-bond acceptors (Lipinski definition) is 4. The van der Waals surface area contributed by atoms with Crippen LogP contribution in [0.25, 0.3) is 0 Å². The van der Waals surface area contributed by atoms with Gasteiger partial charge in [-0.3, -0.25) is 0 Å². The van der Waals surface area contributed by atoms with Crippen molar-refractivity contribution in [3.05, 3.63) is 24.3 Å². The number of hydrogen-bond donors (Lipinski definition) is 1. The second kappa shape index (κ2) is 6.59. The van der Waals surface area contributed by atoms with Gasteiger partial charge in [0.05, 0.1) is 10.6 Å². The van der Waals surface area contributed by atoms with Gasteiger partial charge in [0.25, 0.3) is 0 Å². The molecule has 1 heterocycles. The van der Waals surface area contributed by atoms with Crippen molar-refractivity contribution < 1.29 is 8.42 Å². The van der Waals surface area contributed by atoms with Gasteiger partial charge in [0, 0.05) is 24.8 Å². The average molecular weight is 296 g/mol. The van der Waals surface area contributed by atoms with Crippen molar-refractivity contribution >= 4 is 15.5 Å². The van der Waals surface area contributed by atoms with E-state index in [1.165, 1.54) is 12.8 Å². The topological polar surface area (TPSA) is 63.4 Å². The third kappa shape index (κ3) is 3.33. The van der Waals surface area contributed by atoms with E-state index in [9.17, 15) is 8.42 Å². The molecule has 4 nitrogen and oxygen atoms in total. The fourth-order valence-electron chi connectivity index (χ4n) is 2.82. The molecule has 0 radical (unpaired) electrons. The minimum Gasteiger partial charge on any atom is -0.367 e. The molecule has 0 saturated carbocycles. The molecular formula is C15H24N2O2S. The van der Waals surface area contributed by atoms with Crippen molar-refractivity contribution in [1.29, 1.82) is 0 Å². The quantitative estimate of drug-likeness (QED) is 0.904. The summed E-state index contributed by atoms with van der Waals surface area (Å²) in [7, 11) is -3.12. The van der Waals surface area contributed by atoms with Gasteiger partial charge in [-0.25, -0.2) is 8.42 Å². The smallest absolute Gasteiger partial charge is 0.178 e. The maximum absolute atomic E-state index is 12.0. The van der Waals surface area contributed by atoms with Crippen LogP contribution < -0.4 is 10.6 Å². The molecule has 1 aromatic carbocycles. The number of nitrogens with zero attached hydrogens (tertiary/aromatic N) is 1. The minimum absolute atomic E-state index is 0.210. The summed E-state index contributed by atoms with van der Waals surface area (Å²) in [6.45, 7) is 3.53. The van der Waals surface area contributed by atoms with Crippen molar-refractivity contribution in [2.75, 3.05) is 23.7 Å². The lowest BCUT2D eigenvalue weighted by Crippen LogP contribution is -2.44. The predicted octanol–water partition coefficient (Wildman–Crippen LogP) is 2.19. The Bertz CT molecular complexity index is 525. The zero-order valence-corrected chi connectivity index (χ0v) is 12.9. The predicted molar refractivity (Wildman–Crippen MR) is 82.8 cm³/mol. The molecule has 1 atom stereocenters. The molecule has 0 bridgehead atoms. The van der Waals surface area contributed by atoms with Gasteiger partial charge in [0.15, 0.2) is 9.84 Å². The Kier molecular flexibility index (Phi) is 5.05. The third-order valence-corrected chi connectivity index (χ3v) is 5.84. The lowest BCUT2D eigenvalue weighted by molar-refractivity contribution is 0.465. The summed E-state index contributed by atoms with van der Waals surface area (Å²) in [6.07, 6.45) is 4.16. The summed E-state index contributed by atoms with van der Waals surface area (Å²) < 4.78 is 24.0. The molecule has 0 amide bonds. The van der Waals surface area contributed by atoms with Gasteiger partial charge in [-0.1, -0.05) is 6.92 Å². The van der Waals surface area contributed by atoms with Crippen LogP contribution in [-0.2, 0) is 9.84 Å². The molecule has 2 rings (SSSR count). The molecule has 1 aliphatic rings. The van der Waals surface area contributed by atoms with Crippen LogP contribution in [-0.4, -0.2) is 33.3 Å². The van der Waals surface area contributed by atoms with E-state index in [4.69, 9.17) is 5.73 Å². The Balaban J connectivity index is 2.19. The number of nitrogens with two attached hydrogens (primary N) is 1. The molecule has 1 aliphatic heterocycles. The minimum atomic E-state index is -3.12. The maximum atomic E-state index is 12.0. The second-order valence-electron chi connectivity index (χ2n) is 5.39. The molecule has 1 aromatic rings. The molecule has 0 aromatic heterocycles. The number of anilines is 1. The molecule has 20 heavy (non-hydrogen) atoms.